The minimum Gasteiger partial charge on any atom is -0.313 e. The van der Waals surface area contributed by atoms with Crippen molar-refractivity contribution in [3.8, 4) is 40.1 Å². The molecule has 4 heteroatoms. The van der Waals surface area contributed by atoms with Gasteiger partial charge in [0.1, 0.15) is 0 Å². The van der Waals surface area contributed by atoms with E-state index in [-0.39, 0.29) is 5.92 Å². The lowest BCUT2D eigenvalue weighted by atomic mass is 9.69. The summed E-state index contributed by atoms with van der Waals surface area (Å²) in [6.45, 7) is 4.36. The number of aryl methyl sites for hydroxylation is 3. The molecule has 0 radical (unpaired) electrons. The first-order valence-electron chi connectivity index (χ1n) is 29.9. The lowest BCUT2D eigenvalue weighted by Crippen LogP contribution is -2.26. The van der Waals surface area contributed by atoms with Gasteiger partial charge in [-0.15, -0.1) is 0 Å². The molecule has 0 fully saturated rings. The van der Waals surface area contributed by atoms with E-state index >= 15 is 0 Å². The molecule has 85 heavy (non-hydrogen) atoms. The van der Waals surface area contributed by atoms with Crippen molar-refractivity contribution in [1.82, 2.24) is 9.13 Å². The van der Waals surface area contributed by atoms with Crippen molar-refractivity contribution in [3.05, 3.63) is 308 Å². The molecule has 0 saturated heterocycles. The normalized spacial score (nSPS) is 15.2. The lowest BCUT2D eigenvalue weighted by molar-refractivity contribution is 0.721. The van der Waals surface area contributed by atoms with E-state index < -0.39 is 5.41 Å². The minimum atomic E-state index is -0.577. The summed E-state index contributed by atoms with van der Waals surface area (Å²) >= 11 is 0. The van der Waals surface area contributed by atoms with E-state index in [0.29, 0.717) is 12.0 Å². The zero-order valence-electron chi connectivity index (χ0n) is 47.4. The zero-order valence-corrected chi connectivity index (χ0v) is 47.4. The Balaban J connectivity index is 0.872. The SMILES string of the molecule is Cc1ccc(/C=C(/Cc2ccc3c(c2)C2(c4ccccc4-c4ccccc42)c2cc(CCC4c5cccc6c5c5c(cccc5n6C5=CC=C(C#N)CC5)-n5c6ccccc6c6cccc4c65)c4ccccc4c2-3)c2ccc(C#N)cc2)c(C)c1. The summed E-state index contributed by atoms with van der Waals surface area (Å²) in [5, 5.41) is 27.5. The third-order valence-corrected chi connectivity index (χ3v) is 19.6. The second-order valence-corrected chi connectivity index (χ2v) is 24.0. The Morgan fingerprint density at radius 3 is 2.00 bits per heavy atom. The quantitative estimate of drug-likeness (QED) is 0.142. The number of nitrogens with zero attached hydrogens (tertiary/aromatic N) is 4. The molecule has 1 unspecified atom stereocenters. The Kier molecular flexibility index (Phi) is 10.8. The third-order valence-electron chi connectivity index (χ3n) is 19.6. The predicted molar refractivity (Wildman–Crippen MR) is 350 cm³/mol. The van der Waals surface area contributed by atoms with Crippen LogP contribution in [-0.4, -0.2) is 9.13 Å². The molecule has 0 N–H and O–H groups in total. The van der Waals surface area contributed by atoms with Crippen molar-refractivity contribution in [2.45, 2.75) is 57.3 Å². The van der Waals surface area contributed by atoms with Crippen molar-refractivity contribution in [3.63, 3.8) is 0 Å². The molecule has 0 saturated carbocycles. The molecule has 1 aliphatic heterocycles. The molecule has 0 bridgehead atoms. The average molecular weight is 1090 g/mol. The summed E-state index contributed by atoms with van der Waals surface area (Å²) in [5.74, 6) is 0.0454. The van der Waals surface area contributed by atoms with E-state index in [1.165, 1.54) is 155 Å². The maximum atomic E-state index is 9.92. The number of hydrogen-bond acceptors (Lipinski definition) is 2. The largest absolute Gasteiger partial charge is 0.313 e. The summed E-state index contributed by atoms with van der Waals surface area (Å²) in [6, 6.07) is 87.2. The van der Waals surface area contributed by atoms with Crippen LogP contribution in [0.15, 0.2) is 236 Å². The van der Waals surface area contributed by atoms with Gasteiger partial charge in [-0.1, -0.05) is 194 Å². The molecule has 3 heterocycles. The first kappa shape index (κ1) is 49.1. The molecule has 1 atom stereocenters. The van der Waals surface area contributed by atoms with E-state index in [4.69, 9.17) is 0 Å². The van der Waals surface area contributed by atoms with Gasteiger partial charge in [0.2, 0.25) is 0 Å². The van der Waals surface area contributed by atoms with Crippen LogP contribution >= 0.6 is 0 Å². The van der Waals surface area contributed by atoms with Gasteiger partial charge in [-0.05, 0) is 194 Å². The number of fused-ring (bicyclic) bond motifs is 16. The van der Waals surface area contributed by atoms with Crippen molar-refractivity contribution in [1.29, 1.82) is 10.5 Å². The summed E-state index contributed by atoms with van der Waals surface area (Å²) in [4.78, 5) is 0. The van der Waals surface area contributed by atoms with Crippen molar-refractivity contribution in [2.24, 2.45) is 0 Å². The van der Waals surface area contributed by atoms with Crippen LogP contribution < -0.4 is 0 Å². The van der Waals surface area contributed by atoms with Gasteiger partial charge in [-0.2, -0.15) is 10.5 Å². The van der Waals surface area contributed by atoms with Crippen molar-refractivity contribution in [2.75, 3.05) is 0 Å². The molecule has 3 aliphatic carbocycles. The second-order valence-electron chi connectivity index (χ2n) is 24.0. The maximum Gasteiger partial charge on any atom is 0.0991 e. The van der Waals surface area contributed by atoms with Crippen LogP contribution in [0.4, 0.5) is 0 Å². The Hall–Kier alpha value is -10.5. The van der Waals surface area contributed by atoms with Crippen LogP contribution in [0.1, 0.15) is 97.5 Å². The van der Waals surface area contributed by atoms with Crippen LogP contribution in [0, 0.1) is 36.5 Å². The molecular formula is C81H56N4. The zero-order chi connectivity index (χ0) is 56.7. The highest BCUT2D eigenvalue weighted by Crippen LogP contribution is 2.64. The molecule has 11 aromatic carbocycles. The highest BCUT2D eigenvalue weighted by atomic mass is 15.0. The van der Waals surface area contributed by atoms with Gasteiger partial charge in [0, 0.05) is 38.7 Å². The van der Waals surface area contributed by atoms with Gasteiger partial charge >= 0.3 is 0 Å². The van der Waals surface area contributed by atoms with E-state index in [1.807, 2.05) is 18.2 Å². The van der Waals surface area contributed by atoms with Gasteiger partial charge in [-0.25, -0.2) is 0 Å². The predicted octanol–water partition coefficient (Wildman–Crippen LogP) is 19.8. The topological polar surface area (TPSA) is 57.4 Å². The molecule has 400 valence electrons. The molecule has 4 nitrogen and oxygen atoms in total. The van der Waals surface area contributed by atoms with Crippen LogP contribution in [0.3, 0.4) is 0 Å². The van der Waals surface area contributed by atoms with E-state index in [0.717, 1.165) is 36.8 Å². The fourth-order valence-electron chi connectivity index (χ4n) is 16.0. The Labute approximate surface area is 494 Å². The summed E-state index contributed by atoms with van der Waals surface area (Å²) in [5.41, 5.74) is 30.1. The smallest absolute Gasteiger partial charge is 0.0991 e. The fraction of sp³-hybridized carbons (Fsp3) is 0.111. The maximum absolute atomic E-state index is 9.92. The number of rotatable bonds is 8. The Bertz CT molecular complexity index is 5220. The van der Waals surface area contributed by atoms with Crippen LogP contribution in [0.25, 0.3) is 99.7 Å². The Morgan fingerprint density at radius 2 is 1.24 bits per heavy atom. The molecule has 0 amide bonds. The van der Waals surface area contributed by atoms with E-state index in [9.17, 15) is 10.5 Å². The molecule has 13 aromatic rings. The summed E-state index contributed by atoms with van der Waals surface area (Å²) < 4.78 is 5.08. The van der Waals surface area contributed by atoms with Crippen LogP contribution in [0.2, 0.25) is 0 Å². The van der Waals surface area contributed by atoms with E-state index in [2.05, 4.69) is 254 Å². The highest BCUT2D eigenvalue weighted by molar-refractivity contribution is 6.19. The molecular weight excluding hydrogens is 1030 g/mol. The first-order valence-corrected chi connectivity index (χ1v) is 29.9. The van der Waals surface area contributed by atoms with Gasteiger partial charge in [-0.3, -0.25) is 0 Å². The molecule has 1 spiro atoms. The standard InChI is InChI=1S/C81H56N4/c1-49-28-34-55(50(2)42-49)45-57(54-35-29-51(47-82)30-36-54)43-53-33-40-68-71(44-53)81(69-22-8-5-15-61(69)62-16-6-9-23-70(62)81)72-46-56(59-14-3-4-18-64(59)77(68)72)37-41-60-65-19-12-25-74-78(65)79-75(84(74)58-38-31-52(48-83)32-39-58)26-13-27-76(79)85-73-24-10-7-17-63(73)67-21-11-20-66(60)80(67)85/h3-31,33-36,38,40,42,44-46,60H,32,37,39,41,43H2,1-2H3/b57-45-. The second kappa shape index (κ2) is 18.8. The molecule has 4 aliphatic rings. The molecule has 17 rings (SSSR count). The lowest BCUT2D eigenvalue weighted by Gasteiger charge is -2.31. The third kappa shape index (κ3) is 7.07. The minimum absolute atomic E-state index is 0.0454. The van der Waals surface area contributed by atoms with E-state index in [1.54, 1.807) is 0 Å². The number of allylic oxidation sites excluding steroid dienone is 5. The number of benzene rings is 11. The van der Waals surface area contributed by atoms with Gasteiger partial charge in [0.15, 0.2) is 0 Å². The van der Waals surface area contributed by atoms with Gasteiger partial charge in [0.05, 0.1) is 50.9 Å². The van der Waals surface area contributed by atoms with Gasteiger partial charge < -0.3 is 9.13 Å². The van der Waals surface area contributed by atoms with Crippen molar-refractivity contribution < 1.29 is 0 Å². The monoisotopic (exact) mass is 1080 g/mol. The summed E-state index contributed by atoms with van der Waals surface area (Å²) in [6.07, 6.45) is 10.5. The number of hydrogen-bond donors (Lipinski definition) is 0. The number of nitriles is 2. The Morgan fingerprint density at radius 1 is 0.541 bits per heavy atom. The average Bonchev–Trinajstić information content (AvgIpc) is 1.57. The fourth-order valence-corrected chi connectivity index (χ4v) is 16.0. The summed E-state index contributed by atoms with van der Waals surface area (Å²) in [7, 11) is 0. The van der Waals surface area contributed by atoms with Crippen LogP contribution in [-0.2, 0) is 18.3 Å². The number of aromatic nitrogens is 2. The number of para-hydroxylation sites is 2. The first-order chi connectivity index (χ1) is 41.9. The van der Waals surface area contributed by atoms with Gasteiger partial charge in [0.25, 0.3) is 0 Å². The van der Waals surface area contributed by atoms with Crippen molar-refractivity contribution >= 4 is 71.7 Å². The highest BCUT2D eigenvalue weighted by Gasteiger charge is 2.52. The van der Waals surface area contributed by atoms with Crippen LogP contribution in [0.5, 0.6) is 0 Å². The molecule has 2 aromatic heterocycles.